The largest absolute Gasteiger partial charge is 0.122 e. The standard InChI is InChI=1S/C13H9Br2Cl/c14-11-3-1-9(2-4-11)13-6-5-12(15)7-10(13)8-16/h1-7H,8H2. The lowest BCUT2D eigenvalue weighted by atomic mass is 10.0. The Morgan fingerprint density at radius 3 is 2.12 bits per heavy atom. The summed E-state index contributed by atoms with van der Waals surface area (Å²) < 4.78 is 2.14. The molecule has 0 atom stereocenters. The quantitative estimate of drug-likeness (QED) is 0.610. The molecule has 0 amide bonds. The van der Waals surface area contributed by atoms with Crippen molar-refractivity contribution >= 4 is 43.5 Å². The van der Waals surface area contributed by atoms with Gasteiger partial charge in [0.05, 0.1) is 0 Å². The van der Waals surface area contributed by atoms with Gasteiger partial charge in [-0.2, -0.15) is 0 Å². The fraction of sp³-hybridized carbons (Fsp3) is 0.0769. The lowest BCUT2D eigenvalue weighted by Crippen LogP contribution is -1.86. The molecule has 0 unspecified atom stereocenters. The Balaban J connectivity index is 2.51. The van der Waals surface area contributed by atoms with Crippen molar-refractivity contribution in [2.24, 2.45) is 0 Å². The van der Waals surface area contributed by atoms with E-state index in [9.17, 15) is 0 Å². The van der Waals surface area contributed by atoms with E-state index in [1.165, 1.54) is 11.1 Å². The maximum absolute atomic E-state index is 5.96. The molecule has 0 bridgehead atoms. The molecule has 0 heterocycles. The lowest BCUT2D eigenvalue weighted by Gasteiger charge is -2.08. The van der Waals surface area contributed by atoms with Crippen molar-refractivity contribution in [3.63, 3.8) is 0 Å². The van der Waals surface area contributed by atoms with E-state index in [0.29, 0.717) is 5.88 Å². The fourth-order valence-electron chi connectivity index (χ4n) is 1.58. The van der Waals surface area contributed by atoms with Crippen molar-refractivity contribution in [3.8, 4) is 11.1 Å². The van der Waals surface area contributed by atoms with Crippen LogP contribution in [0.5, 0.6) is 0 Å². The van der Waals surface area contributed by atoms with E-state index < -0.39 is 0 Å². The minimum absolute atomic E-state index is 0.519. The van der Waals surface area contributed by atoms with Crippen molar-refractivity contribution in [2.45, 2.75) is 5.88 Å². The molecule has 2 aromatic carbocycles. The van der Waals surface area contributed by atoms with Gasteiger partial charge in [0.1, 0.15) is 0 Å². The molecule has 0 aliphatic heterocycles. The Morgan fingerprint density at radius 1 is 0.875 bits per heavy atom. The van der Waals surface area contributed by atoms with Gasteiger partial charge in [-0.15, -0.1) is 11.6 Å². The second-order valence-corrected chi connectivity index (χ2v) is 5.54. The Bertz CT molecular complexity index is 492. The molecule has 0 saturated carbocycles. The number of hydrogen-bond acceptors (Lipinski definition) is 0. The highest BCUT2D eigenvalue weighted by Gasteiger charge is 2.04. The van der Waals surface area contributed by atoms with Crippen molar-refractivity contribution in [2.75, 3.05) is 0 Å². The number of halogens is 3. The molecule has 0 radical (unpaired) electrons. The summed E-state index contributed by atoms with van der Waals surface area (Å²) in [5.41, 5.74) is 3.51. The maximum Gasteiger partial charge on any atom is 0.0480 e. The monoisotopic (exact) mass is 358 g/mol. The molecular weight excluding hydrogens is 351 g/mol. The molecule has 0 fully saturated rings. The molecule has 2 aromatic rings. The predicted molar refractivity (Wildman–Crippen MR) is 76.8 cm³/mol. The van der Waals surface area contributed by atoms with Gasteiger partial charge in [0.2, 0.25) is 0 Å². The molecular formula is C13H9Br2Cl. The van der Waals surface area contributed by atoms with E-state index in [1.54, 1.807) is 0 Å². The molecule has 0 saturated heterocycles. The first-order chi connectivity index (χ1) is 7.70. The number of hydrogen-bond donors (Lipinski definition) is 0. The van der Waals surface area contributed by atoms with E-state index in [1.807, 2.05) is 18.2 Å². The highest BCUT2D eigenvalue weighted by Crippen LogP contribution is 2.28. The second kappa shape index (κ2) is 5.35. The van der Waals surface area contributed by atoms with Crippen LogP contribution in [0.3, 0.4) is 0 Å². The number of rotatable bonds is 2. The summed E-state index contributed by atoms with van der Waals surface area (Å²) in [5, 5.41) is 0. The van der Waals surface area contributed by atoms with E-state index in [2.05, 4.69) is 56.1 Å². The SMILES string of the molecule is ClCc1cc(Br)ccc1-c1ccc(Br)cc1. The fourth-order valence-corrected chi connectivity index (χ4v) is 2.48. The molecule has 2 rings (SSSR count). The first-order valence-electron chi connectivity index (χ1n) is 4.81. The lowest BCUT2D eigenvalue weighted by molar-refractivity contribution is 1.38. The first-order valence-corrected chi connectivity index (χ1v) is 6.93. The summed E-state index contributed by atoms with van der Waals surface area (Å²) in [6.45, 7) is 0. The molecule has 0 aliphatic rings. The van der Waals surface area contributed by atoms with Crippen LogP contribution >= 0.6 is 43.5 Å². The number of alkyl halides is 1. The van der Waals surface area contributed by atoms with Gasteiger partial charge in [0, 0.05) is 14.8 Å². The summed E-state index contributed by atoms with van der Waals surface area (Å²) in [7, 11) is 0. The van der Waals surface area contributed by atoms with Crippen LogP contribution in [0.4, 0.5) is 0 Å². The van der Waals surface area contributed by atoms with Gasteiger partial charge in [-0.25, -0.2) is 0 Å². The highest BCUT2D eigenvalue weighted by atomic mass is 79.9. The Labute approximate surface area is 117 Å². The topological polar surface area (TPSA) is 0 Å². The summed E-state index contributed by atoms with van der Waals surface area (Å²) >= 11 is 12.8. The summed E-state index contributed by atoms with van der Waals surface area (Å²) in [5.74, 6) is 0.519. The van der Waals surface area contributed by atoms with Crippen LogP contribution in [0.2, 0.25) is 0 Å². The zero-order valence-electron chi connectivity index (χ0n) is 8.38. The third-order valence-corrected chi connectivity index (χ3v) is 3.68. The van der Waals surface area contributed by atoms with E-state index in [0.717, 1.165) is 14.5 Å². The van der Waals surface area contributed by atoms with E-state index in [-0.39, 0.29) is 0 Å². The third kappa shape index (κ3) is 2.68. The Hall–Kier alpha value is -0.310. The van der Waals surface area contributed by atoms with E-state index >= 15 is 0 Å². The van der Waals surface area contributed by atoms with Gasteiger partial charge < -0.3 is 0 Å². The van der Waals surface area contributed by atoms with Crippen LogP contribution in [-0.2, 0) is 5.88 Å². The highest BCUT2D eigenvalue weighted by molar-refractivity contribution is 9.10. The van der Waals surface area contributed by atoms with Crippen molar-refractivity contribution in [1.29, 1.82) is 0 Å². The maximum atomic E-state index is 5.96. The smallest absolute Gasteiger partial charge is 0.0480 e. The Morgan fingerprint density at radius 2 is 1.50 bits per heavy atom. The normalized spacial score (nSPS) is 10.4. The van der Waals surface area contributed by atoms with Crippen molar-refractivity contribution < 1.29 is 0 Å². The molecule has 0 spiro atoms. The zero-order chi connectivity index (χ0) is 11.5. The summed E-state index contributed by atoms with van der Waals surface area (Å²) in [6.07, 6.45) is 0. The van der Waals surface area contributed by atoms with Gasteiger partial charge in [-0.1, -0.05) is 50.1 Å². The van der Waals surface area contributed by atoms with E-state index in [4.69, 9.17) is 11.6 Å². The van der Waals surface area contributed by atoms with Gasteiger partial charge in [0.25, 0.3) is 0 Å². The van der Waals surface area contributed by atoms with Gasteiger partial charge in [-0.05, 0) is 41.0 Å². The van der Waals surface area contributed by atoms with Crippen LogP contribution in [-0.4, -0.2) is 0 Å². The van der Waals surface area contributed by atoms with Crippen molar-refractivity contribution in [3.05, 3.63) is 57.0 Å². The van der Waals surface area contributed by atoms with Crippen LogP contribution in [0, 0.1) is 0 Å². The molecule has 82 valence electrons. The van der Waals surface area contributed by atoms with Crippen molar-refractivity contribution in [1.82, 2.24) is 0 Å². The first kappa shape index (κ1) is 12.2. The molecule has 0 nitrogen and oxygen atoms in total. The average Bonchev–Trinajstić information content (AvgIpc) is 2.30. The molecule has 0 aliphatic carbocycles. The zero-order valence-corrected chi connectivity index (χ0v) is 12.3. The summed E-state index contributed by atoms with van der Waals surface area (Å²) in [6, 6.07) is 14.4. The molecule has 16 heavy (non-hydrogen) atoms. The third-order valence-electron chi connectivity index (χ3n) is 2.37. The molecule has 0 N–H and O–H groups in total. The Kier molecular flexibility index (Phi) is 4.06. The summed E-state index contributed by atoms with van der Waals surface area (Å²) in [4.78, 5) is 0. The second-order valence-electron chi connectivity index (χ2n) is 3.44. The van der Waals surface area contributed by atoms with Gasteiger partial charge in [-0.3, -0.25) is 0 Å². The van der Waals surface area contributed by atoms with Crippen LogP contribution in [0.25, 0.3) is 11.1 Å². The van der Waals surface area contributed by atoms with Crippen LogP contribution < -0.4 is 0 Å². The molecule has 0 aromatic heterocycles. The van der Waals surface area contributed by atoms with Gasteiger partial charge in [0.15, 0.2) is 0 Å². The number of benzene rings is 2. The molecule has 3 heteroatoms. The van der Waals surface area contributed by atoms with Crippen LogP contribution in [0.1, 0.15) is 5.56 Å². The average molecular weight is 360 g/mol. The minimum Gasteiger partial charge on any atom is -0.122 e. The van der Waals surface area contributed by atoms with Crippen LogP contribution in [0.15, 0.2) is 51.4 Å². The minimum atomic E-state index is 0.519. The van der Waals surface area contributed by atoms with Gasteiger partial charge >= 0.3 is 0 Å². The predicted octanol–water partition coefficient (Wildman–Crippen LogP) is 5.62.